The summed E-state index contributed by atoms with van der Waals surface area (Å²) in [6.07, 6.45) is 0. The molecule has 1 heterocycles. The summed E-state index contributed by atoms with van der Waals surface area (Å²) in [4.78, 5) is 8.67. The number of nitrogens with zero attached hydrogens (tertiary/aromatic N) is 3. The van der Waals surface area contributed by atoms with Crippen LogP contribution < -0.4 is 15.0 Å². The molecule has 0 aromatic heterocycles. The Kier molecular flexibility index (Phi) is 6.11. The summed E-state index contributed by atoms with van der Waals surface area (Å²) in [6, 6.07) is 11.4. The van der Waals surface area contributed by atoms with Crippen LogP contribution in [-0.2, 0) is 6.54 Å². The van der Waals surface area contributed by atoms with Gasteiger partial charge in [-0.15, -0.1) is 0 Å². The Morgan fingerprint density at radius 1 is 1.11 bits per heavy atom. The van der Waals surface area contributed by atoms with Gasteiger partial charge in [0.1, 0.15) is 17.4 Å². The van der Waals surface area contributed by atoms with E-state index in [0.29, 0.717) is 5.96 Å². The monoisotopic (exact) mass is 374 g/mol. The number of ether oxygens (including phenoxy) is 1. The number of aliphatic imine (C=N–C) groups is 1. The third-order valence-electron chi connectivity index (χ3n) is 4.66. The molecule has 2 aromatic carbocycles. The number of hydrogen-bond donors (Lipinski definition) is 1. The second-order valence-electron chi connectivity index (χ2n) is 6.28. The summed E-state index contributed by atoms with van der Waals surface area (Å²) in [6.45, 7) is 3.35. The van der Waals surface area contributed by atoms with Crippen LogP contribution in [0.4, 0.5) is 14.5 Å². The molecule has 7 heteroatoms. The molecule has 27 heavy (non-hydrogen) atoms. The number of rotatable bonds is 4. The molecular weight excluding hydrogens is 350 g/mol. The first-order valence-electron chi connectivity index (χ1n) is 8.90. The van der Waals surface area contributed by atoms with Crippen molar-refractivity contribution in [2.75, 3.05) is 45.2 Å². The molecule has 0 spiro atoms. The van der Waals surface area contributed by atoms with Crippen LogP contribution in [0, 0.1) is 11.6 Å². The quantitative estimate of drug-likeness (QED) is 0.660. The van der Waals surface area contributed by atoms with Crippen LogP contribution in [-0.4, -0.2) is 51.2 Å². The van der Waals surface area contributed by atoms with Gasteiger partial charge in [0, 0.05) is 45.3 Å². The van der Waals surface area contributed by atoms with Gasteiger partial charge in [-0.05, 0) is 30.3 Å². The highest BCUT2D eigenvalue weighted by Gasteiger charge is 2.21. The average molecular weight is 374 g/mol. The molecule has 1 aliphatic heterocycles. The number of hydrogen-bond acceptors (Lipinski definition) is 3. The van der Waals surface area contributed by atoms with Gasteiger partial charge >= 0.3 is 0 Å². The number of benzene rings is 2. The van der Waals surface area contributed by atoms with Crippen LogP contribution in [0.3, 0.4) is 0 Å². The Balaban J connectivity index is 1.60. The van der Waals surface area contributed by atoms with E-state index in [1.54, 1.807) is 14.2 Å². The van der Waals surface area contributed by atoms with E-state index >= 15 is 0 Å². The minimum atomic E-state index is -0.450. The van der Waals surface area contributed by atoms with E-state index in [9.17, 15) is 8.78 Å². The number of nitrogens with one attached hydrogen (secondary N) is 1. The molecule has 144 valence electrons. The molecule has 0 atom stereocenters. The molecule has 0 unspecified atom stereocenters. The van der Waals surface area contributed by atoms with E-state index in [1.807, 2.05) is 24.3 Å². The number of para-hydroxylation sites is 2. The molecule has 1 aliphatic rings. The maximum absolute atomic E-state index is 13.8. The fourth-order valence-corrected chi connectivity index (χ4v) is 3.24. The van der Waals surface area contributed by atoms with Crippen molar-refractivity contribution in [2.45, 2.75) is 6.54 Å². The molecule has 0 saturated carbocycles. The first-order valence-corrected chi connectivity index (χ1v) is 8.90. The second kappa shape index (κ2) is 8.70. The van der Waals surface area contributed by atoms with E-state index < -0.39 is 11.6 Å². The van der Waals surface area contributed by atoms with Crippen molar-refractivity contribution in [3.05, 3.63) is 59.7 Å². The summed E-state index contributed by atoms with van der Waals surface area (Å²) in [5.41, 5.74) is 1.35. The van der Waals surface area contributed by atoms with Crippen molar-refractivity contribution in [1.82, 2.24) is 10.2 Å². The highest BCUT2D eigenvalue weighted by molar-refractivity contribution is 5.80. The van der Waals surface area contributed by atoms with Crippen LogP contribution in [0.25, 0.3) is 0 Å². The Bertz CT molecular complexity index is 804. The van der Waals surface area contributed by atoms with E-state index in [4.69, 9.17) is 4.74 Å². The van der Waals surface area contributed by atoms with E-state index in [-0.39, 0.29) is 12.1 Å². The third kappa shape index (κ3) is 4.48. The van der Waals surface area contributed by atoms with Crippen LogP contribution in [0.15, 0.2) is 47.5 Å². The zero-order chi connectivity index (χ0) is 19.2. The summed E-state index contributed by atoms with van der Waals surface area (Å²) >= 11 is 0. The van der Waals surface area contributed by atoms with Gasteiger partial charge in [-0.2, -0.15) is 0 Å². The Morgan fingerprint density at radius 3 is 2.56 bits per heavy atom. The molecule has 0 radical (unpaired) electrons. The first kappa shape index (κ1) is 18.9. The highest BCUT2D eigenvalue weighted by atomic mass is 19.1. The van der Waals surface area contributed by atoms with Crippen LogP contribution in [0.2, 0.25) is 0 Å². The fraction of sp³-hybridized carbons (Fsp3) is 0.350. The summed E-state index contributed by atoms with van der Waals surface area (Å²) in [7, 11) is 3.36. The fourth-order valence-electron chi connectivity index (χ4n) is 3.24. The smallest absolute Gasteiger partial charge is 0.194 e. The number of anilines is 1. The maximum Gasteiger partial charge on any atom is 0.194 e. The van der Waals surface area contributed by atoms with Crippen molar-refractivity contribution in [2.24, 2.45) is 4.99 Å². The topological polar surface area (TPSA) is 40.1 Å². The minimum absolute atomic E-state index is 0.184. The lowest BCUT2D eigenvalue weighted by Gasteiger charge is -2.38. The molecule has 1 saturated heterocycles. The van der Waals surface area contributed by atoms with Gasteiger partial charge in [0.25, 0.3) is 0 Å². The molecule has 0 amide bonds. The molecule has 0 aliphatic carbocycles. The van der Waals surface area contributed by atoms with Gasteiger partial charge in [-0.25, -0.2) is 8.78 Å². The largest absolute Gasteiger partial charge is 0.495 e. The predicted octanol–water partition coefficient (Wildman–Crippen LogP) is 2.87. The SMILES string of the molecule is CN=C(NCc1cc(F)ccc1F)N1CCN(c2ccccc2OC)CC1. The maximum atomic E-state index is 13.8. The second-order valence-corrected chi connectivity index (χ2v) is 6.28. The van der Waals surface area contributed by atoms with Gasteiger partial charge in [0.15, 0.2) is 5.96 Å². The van der Waals surface area contributed by atoms with Gasteiger partial charge in [-0.3, -0.25) is 4.99 Å². The molecule has 0 bridgehead atoms. The molecule has 5 nitrogen and oxygen atoms in total. The molecular formula is C20H24F2N4O. The third-order valence-corrected chi connectivity index (χ3v) is 4.66. The molecule has 1 N–H and O–H groups in total. The Morgan fingerprint density at radius 2 is 1.85 bits per heavy atom. The van der Waals surface area contributed by atoms with Gasteiger partial charge in [-0.1, -0.05) is 12.1 Å². The Labute approximate surface area is 158 Å². The lowest BCUT2D eigenvalue weighted by Crippen LogP contribution is -2.52. The normalized spacial score (nSPS) is 15.0. The van der Waals surface area contributed by atoms with Gasteiger partial charge in [0.2, 0.25) is 0 Å². The van der Waals surface area contributed by atoms with Crippen LogP contribution >= 0.6 is 0 Å². The zero-order valence-corrected chi connectivity index (χ0v) is 15.6. The number of guanidine groups is 1. The molecule has 3 rings (SSSR count). The number of piperazine rings is 1. The summed E-state index contributed by atoms with van der Waals surface area (Å²) < 4.78 is 32.6. The van der Waals surface area contributed by atoms with Crippen molar-refractivity contribution in [3.8, 4) is 5.75 Å². The Hall–Kier alpha value is -2.83. The standard InChI is InChI=1S/C20H24F2N4O/c1-23-20(24-14-15-13-16(21)7-8-17(15)22)26-11-9-25(10-12-26)18-5-3-4-6-19(18)27-2/h3-8,13H,9-12,14H2,1-2H3,(H,23,24). The number of methoxy groups -OCH3 is 1. The van der Waals surface area contributed by atoms with Crippen molar-refractivity contribution in [3.63, 3.8) is 0 Å². The first-order chi connectivity index (χ1) is 13.1. The van der Waals surface area contributed by atoms with E-state index in [1.165, 1.54) is 6.07 Å². The summed E-state index contributed by atoms with van der Waals surface area (Å²) in [5.74, 6) is 0.655. The number of halogens is 2. The predicted molar refractivity (Wildman–Crippen MR) is 103 cm³/mol. The summed E-state index contributed by atoms with van der Waals surface area (Å²) in [5, 5.41) is 3.13. The van der Waals surface area contributed by atoms with E-state index in [2.05, 4.69) is 20.1 Å². The van der Waals surface area contributed by atoms with E-state index in [0.717, 1.165) is 49.7 Å². The van der Waals surface area contributed by atoms with Crippen molar-refractivity contribution in [1.29, 1.82) is 0 Å². The lowest BCUT2D eigenvalue weighted by molar-refractivity contribution is 0.366. The minimum Gasteiger partial charge on any atom is -0.495 e. The van der Waals surface area contributed by atoms with Gasteiger partial charge < -0.3 is 19.9 Å². The zero-order valence-electron chi connectivity index (χ0n) is 15.6. The molecule has 2 aromatic rings. The van der Waals surface area contributed by atoms with Crippen molar-refractivity contribution < 1.29 is 13.5 Å². The highest BCUT2D eigenvalue weighted by Crippen LogP contribution is 2.28. The lowest BCUT2D eigenvalue weighted by atomic mass is 10.2. The average Bonchev–Trinajstić information content (AvgIpc) is 2.71. The van der Waals surface area contributed by atoms with Crippen molar-refractivity contribution >= 4 is 11.6 Å². The molecule has 1 fully saturated rings. The van der Waals surface area contributed by atoms with Crippen LogP contribution in [0.1, 0.15) is 5.56 Å². The van der Waals surface area contributed by atoms with Gasteiger partial charge in [0.05, 0.1) is 12.8 Å². The van der Waals surface area contributed by atoms with Crippen LogP contribution in [0.5, 0.6) is 5.75 Å².